The van der Waals surface area contributed by atoms with Crippen LogP contribution in [0.15, 0.2) is 30.3 Å². The fraction of sp³-hybridized carbons (Fsp3) is 0.526. The van der Waals surface area contributed by atoms with E-state index in [1.54, 1.807) is 6.29 Å². The van der Waals surface area contributed by atoms with Gasteiger partial charge in [-0.2, -0.15) is 0 Å². The van der Waals surface area contributed by atoms with Crippen LogP contribution < -0.4 is 11.5 Å². The summed E-state index contributed by atoms with van der Waals surface area (Å²) in [5, 5.41) is 0. The van der Waals surface area contributed by atoms with Crippen molar-refractivity contribution in [3.8, 4) is 0 Å². The lowest BCUT2D eigenvalue weighted by Gasteiger charge is -2.26. The van der Waals surface area contributed by atoms with Gasteiger partial charge < -0.3 is 11.5 Å². The molecule has 2 amide bonds. The minimum absolute atomic E-state index is 0.183. The van der Waals surface area contributed by atoms with Crippen molar-refractivity contribution in [2.75, 3.05) is 6.54 Å². The Kier molecular flexibility index (Phi) is 9.65. The Morgan fingerprint density at radius 3 is 2.44 bits per heavy atom. The molecule has 6 nitrogen and oxygen atoms in total. The zero-order valence-electron chi connectivity index (χ0n) is 14.8. The number of benzene rings is 1. The van der Waals surface area contributed by atoms with Crippen LogP contribution in [0.4, 0.5) is 0 Å². The summed E-state index contributed by atoms with van der Waals surface area (Å²) in [5.41, 5.74) is 12.5. The second-order valence-corrected chi connectivity index (χ2v) is 6.13. The second-order valence-electron chi connectivity index (χ2n) is 6.13. The number of carbonyl (C=O) groups is 2. The number of aryl methyl sites for hydroxylation is 1. The quantitative estimate of drug-likeness (QED) is 0.588. The van der Waals surface area contributed by atoms with E-state index in [4.69, 9.17) is 11.5 Å². The van der Waals surface area contributed by atoms with Crippen LogP contribution in [-0.2, 0) is 20.8 Å². The lowest BCUT2D eigenvalue weighted by Crippen LogP contribution is -2.51. The third-order valence-electron chi connectivity index (χ3n) is 4.05. The molecule has 1 aromatic rings. The van der Waals surface area contributed by atoms with E-state index in [-0.39, 0.29) is 12.3 Å². The summed E-state index contributed by atoms with van der Waals surface area (Å²) in [4.78, 5) is 36.9. The van der Waals surface area contributed by atoms with Gasteiger partial charge >= 0.3 is 0 Å². The van der Waals surface area contributed by atoms with Crippen LogP contribution in [0.3, 0.4) is 0 Å². The van der Waals surface area contributed by atoms with E-state index in [9.17, 15) is 14.4 Å². The van der Waals surface area contributed by atoms with Crippen molar-refractivity contribution >= 4 is 18.1 Å². The van der Waals surface area contributed by atoms with Crippen molar-refractivity contribution in [3.05, 3.63) is 35.9 Å². The summed E-state index contributed by atoms with van der Waals surface area (Å²) in [6, 6.07) is 8.05. The Labute approximate surface area is 149 Å². The number of nitrogens with two attached hydrogens (primary N) is 2. The van der Waals surface area contributed by atoms with Crippen molar-refractivity contribution in [3.63, 3.8) is 0 Å². The van der Waals surface area contributed by atoms with E-state index in [0.717, 1.165) is 23.3 Å². The van der Waals surface area contributed by atoms with Gasteiger partial charge in [-0.3, -0.25) is 19.3 Å². The number of hydrogen-bond donors (Lipinski definition) is 2. The number of carbonyl (C=O) groups excluding carboxylic acids is 3. The number of imide groups is 1. The average molecular weight is 346 g/mol. The van der Waals surface area contributed by atoms with Crippen LogP contribution in [0.5, 0.6) is 0 Å². The molecule has 25 heavy (non-hydrogen) atoms. The highest BCUT2D eigenvalue weighted by atomic mass is 16.2. The molecule has 0 aliphatic rings. The summed E-state index contributed by atoms with van der Waals surface area (Å²) in [5.74, 6) is -0.899. The molecule has 4 N–H and O–H groups in total. The van der Waals surface area contributed by atoms with Crippen molar-refractivity contribution in [1.29, 1.82) is 0 Å². The van der Waals surface area contributed by atoms with Gasteiger partial charge in [0.2, 0.25) is 18.1 Å². The molecule has 0 saturated heterocycles. The second kappa shape index (κ2) is 11.5. The number of unbranched alkanes of at least 4 members (excludes halogenated alkanes) is 1. The van der Waals surface area contributed by atoms with E-state index in [2.05, 4.69) is 0 Å². The van der Waals surface area contributed by atoms with Crippen LogP contribution in [0.1, 0.15) is 44.6 Å². The lowest BCUT2D eigenvalue weighted by atomic mass is 10.1. The Hall–Kier alpha value is -2.05. The van der Waals surface area contributed by atoms with Crippen LogP contribution >= 0.6 is 0 Å². The molecule has 1 radical (unpaired) electrons. The molecule has 0 unspecified atom stereocenters. The van der Waals surface area contributed by atoms with Gasteiger partial charge in [-0.05, 0) is 44.7 Å². The minimum atomic E-state index is -0.933. The predicted molar refractivity (Wildman–Crippen MR) is 97.3 cm³/mol. The smallest absolute Gasteiger partial charge is 0.246 e. The van der Waals surface area contributed by atoms with Crippen LogP contribution in [0, 0.1) is 0 Å². The first kappa shape index (κ1) is 21.0. The predicted octanol–water partition coefficient (Wildman–Crippen LogP) is 1.32. The molecule has 1 aromatic carbocycles. The monoisotopic (exact) mass is 346 g/mol. The fourth-order valence-corrected chi connectivity index (χ4v) is 2.60. The van der Waals surface area contributed by atoms with Gasteiger partial charge in [0.15, 0.2) is 0 Å². The van der Waals surface area contributed by atoms with Crippen molar-refractivity contribution < 1.29 is 14.4 Å². The standard InChI is InChI=1S/C19H28N3O3/c1-15(14-23)22(19(25)17(21)11-5-6-13-20)18(24)12-7-10-16-8-3-2-4-9-16/h2-4,8-9,15,17H,5-7,10-13,20-21H2,1H3/t15-,17-/m0/s1. The van der Waals surface area contributed by atoms with Gasteiger partial charge in [0, 0.05) is 6.42 Å². The molecule has 0 aromatic heterocycles. The molecule has 0 aliphatic heterocycles. The SMILES string of the molecule is C[C@@H]([C]=O)N(C(=O)CCCc1ccccc1)C(=O)[C@@H](N)CCCCN. The zero-order chi connectivity index (χ0) is 18.7. The Morgan fingerprint density at radius 2 is 1.84 bits per heavy atom. The Bertz CT molecular complexity index is 548. The highest BCUT2D eigenvalue weighted by Crippen LogP contribution is 2.11. The fourth-order valence-electron chi connectivity index (χ4n) is 2.60. The topological polar surface area (TPSA) is 106 Å². The van der Waals surface area contributed by atoms with E-state index in [1.165, 1.54) is 6.92 Å². The summed E-state index contributed by atoms with van der Waals surface area (Å²) in [6.45, 7) is 2.01. The van der Waals surface area contributed by atoms with E-state index in [0.29, 0.717) is 25.8 Å². The number of rotatable bonds is 11. The number of hydrogen-bond acceptors (Lipinski definition) is 5. The molecule has 0 heterocycles. The van der Waals surface area contributed by atoms with Gasteiger partial charge in [0.25, 0.3) is 0 Å². The van der Waals surface area contributed by atoms with Crippen molar-refractivity contribution in [2.24, 2.45) is 11.5 Å². The first-order valence-corrected chi connectivity index (χ1v) is 8.74. The molecule has 6 heteroatoms. The highest BCUT2D eigenvalue weighted by molar-refractivity contribution is 6.00. The largest absolute Gasteiger partial charge is 0.330 e. The third kappa shape index (κ3) is 7.15. The summed E-state index contributed by atoms with van der Waals surface area (Å²) < 4.78 is 0. The molecule has 137 valence electrons. The van der Waals surface area contributed by atoms with Gasteiger partial charge in [-0.25, -0.2) is 0 Å². The molecular weight excluding hydrogens is 318 g/mol. The molecule has 0 fully saturated rings. The molecule has 0 saturated carbocycles. The maximum absolute atomic E-state index is 12.5. The van der Waals surface area contributed by atoms with Crippen LogP contribution in [0.25, 0.3) is 0 Å². The maximum Gasteiger partial charge on any atom is 0.246 e. The van der Waals surface area contributed by atoms with Crippen LogP contribution in [0.2, 0.25) is 0 Å². The molecular formula is C19H28N3O3. The van der Waals surface area contributed by atoms with E-state index < -0.39 is 18.0 Å². The average Bonchev–Trinajstić information content (AvgIpc) is 2.62. The van der Waals surface area contributed by atoms with Crippen molar-refractivity contribution in [2.45, 2.75) is 57.5 Å². The number of nitrogens with zero attached hydrogens (tertiary/aromatic N) is 1. The zero-order valence-corrected chi connectivity index (χ0v) is 14.8. The Balaban J connectivity index is 2.62. The number of amides is 2. The van der Waals surface area contributed by atoms with Gasteiger partial charge in [-0.1, -0.05) is 36.8 Å². The lowest BCUT2D eigenvalue weighted by molar-refractivity contribution is -0.146. The molecule has 0 aliphatic carbocycles. The van der Waals surface area contributed by atoms with Gasteiger partial charge in [-0.15, -0.1) is 0 Å². The highest BCUT2D eigenvalue weighted by Gasteiger charge is 2.30. The summed E-state index contributed by atoms with van der Waals surface area (Å²) in [6.07, 6.45) is 5.14. The summed E-state index contributed by atoms with van der Waals surface area (Å²) >= 11 is 0. The third-order valence-corrected chi connectivity index (χ3v) is 4.05. The van der Waals surface area contributed by atoms with E-state index in [1.807, 2.05) is 30.3 Å². The van der Waals surface area contributed by atoms with E-state index >= 15 is 0 Å². The maximum atomic E-state index is 12.5. The molecule has 2 atom stereocenters. The molecule has 0 bridgehead atoms. The molecule has 1 rings (SSSR count). The van der Waals surface area contributed by atoms with Crippen LogP contribution in [-0.4, -0.2) is 41.6 Å². The van der Waals surface area contributed by atoms with Gasteiger partial charge in [0.1, 0.15) is 6.04 Å². The normalized spacial score (nSPS) is 13.1. The molecule has 0 spiro atoms. The van der Waals surface area contributed by atoms with Crippen molar-refractivity contribution in [1.82, 2.24) is 4.90 Å². The first-order chi connectivity index (χ1) is 12.0. The minimum Gasteiger partial charge on any atom is -0.330 e. The summed E-state index contributed by atoms with van der Waals surface area (Å²) in [7, 11) is 0. The van der Waals surface area contributed by atoms with Gasteiger partial charge in [0.05, 0.1) is 6.04 Å². The first-order valence-electron chi connectivity index (χ1n) is 8.74. The Morgan fingerprint density at radius 1 is 1.16 bits per heavy atom.